The summed E-state index contributed by atoms with van der Waals surface area (Å²) >= 11 is 0. The fraction of sp³-hybridized carbons (Fsp3) is 0.316. The van der Waals surface area contributed by atoms with Crippen LogP contribution in [0.5, 0.6) is 0 Å². The Labute approximate surface area is 303 Å². The Morgan fingerprint density at radius 2 is 1.40 bits per heavy atom. The molecule has 0 spiro atoms. The van der Waals surface area contributed by atoms with Crippen LogP contribution in [-0.2, 0) is 33.3 Å². The second-order valence-corrected chi connectivity index (χ2v) is 16.0. The van der Waals surface area contributed by atoms with E-state index in [-0.39, 0.29) is 44.7 Å². The molecule has 53 heavy (non-hydrogen) atoms. The monoisotopic (exact) mass is 761 g/mol. The molecule has 0 atom stereocenters. The maximum atomic E-state index is 15.1. The summed E-state index contributed by atoms with van der Waals surface area (Å²) in [5.74, 6) is -16.0. The minimum atomic E-state index is -5.77. The molecule has 8 nitrogen and oxygen atoms in total. The van der Waals surface area contributed by atoms with Crippen LogP contribution in [0.25, 0.3) is 0 Å². The first-order chi connectivity index (χ1) is 24.7. The van der Waals surface area contributed by atoms with Crippen molar-refractivity contribution >= 4 is 33.3 Å². The van der Waals surface area contributed by atoms with Crippen molar-refractivity contribution < 1.29 is 49.5 Å². The topological polar surface area (TPSA) is 98.2 Å². The zero-order valence-corrected chi connectivity index (χ0v) is 30.3. The van der Waals surface area contributed by atoms with Crippen molar-refractivity contribution in [3.05, 3.63) is 123 Å². The summed E-state index contributed by atoms with van der Waals surface area (Å²) in [7, 11) is -2.61. The zero-order valence-electron chi connectivity index (χ0n) is 29.5. The summed E-state index contributed by atoms with van der Waals surface area (Å²) in [6.45, 7) is 3.49. The highest BCUT2D eigenvalue weighted by Crippen LogP contribution is 2.42. The molecular formula is C38H37F6N3O5S. The van der Waals surface area contributed by atoms with Crippen LogP contribution >= 0.6 is 0 Å². The molecule has 0 heterocycles. The summed E-state index contributed by atoms with van der Waals surface area (Å²) in [6, 6.07) is 14.4. The van der Waals surface area contributed by atoms with Gasteiger partial charge in [0.1, 0.15) is 5.82 Å². The Morgan fingerprint density at radius 3 is 1.94 bits per heavy atom. The van der Waals surface area contributed by atoms with E-state index in [9.17, 15) is 40.7 Å². The van der Waals surface area contributed by atoms with E-state index in [0.29, 0.717) is 5.56 Å². The molecule has 4 aromatic rings. The number of benzene rings is 4. The quantitative estimate of drug-likeness (QED) is 0.0897. The molecule has 0 aromatic heterocycles. The number of carbonyl (C=O) groups excluding carboxylic acids is 1. The third-order valence-electron chi connectivity index (χ3n) is 8.95. The van der Waals surface area contributed by atoms with Gasteiger partial charge in [0.05, 0.1) is 30.0 Å². The van der Waals surface area contributed by atoms with Crippen LogP contribution in [-0.4, -0.2) is 50.3 Å². The van der Waals surface area contributed by atoms with Crippen LogP contribution in [0, 0.1) is 34.9 Å². The van der Waals surface area contributed by atoms with Crippen molar-refractivity contribution in [2.24, 2.45) is 0 Å². The van der Waals surface area contributed by atoms with Crippen molar-refractivity contribution in [3.8, 4) is 0 Å². The average Bonchev–Trinajstić information content (AvgIpc) is 3.94. The molecule has 1 amide bonds. The van der Waals surface area contributed by atoms with Crippen LogP contribution in [0.4, 0.5) is 37.7 Å². The standard InChI is InChI=1S/C38H37F6N3O5S/c1-38(2,3)26-15-21(14-25(16-26)22-10-11-22)18-47(28-13-12-23(37(49)50)17-29(28)45(4)5)30(48)20-46(19-24-8-6-7-9-27(24)39)53(51,52)36-34(43)32(41)31(40)33(42)35(36)44/h6-9,12-17,22H,10-11,18-20H2,1-5H3,(H,49,50). The third-order valence-corrected chi connectivity index (χ3v) is 10.8. The SMILES string of the molecule is CN(C)c1cc(C(=O)O)ccc1N(Cc1cc(C2CC2)cc(C(C)(C)C)c1)C(=O)CN(Cc1ccccc1F)S(=O)(=O)c1c(F)c(F)c(F)c(F)c1F. The largest absolute Gasteiger partial charge is 0.478 e. The van der Waals surface area contributed by atoms with Gasteiger partial charge in [-0.25, -0.2) is 39.6 Å². The number of rotatable bonds is 12. The molecule has 5 rings (SSSR count). The predicted molar refractivity (Wildman–Crippen MR) is 186 cm³/mol. The van der Waals surface area contributed by atoms with Crippen LogP contribution < -0.4 is 9.80 Å². The zero-order chi connectivity index (χ0) is 39.2. The van der Waals surface area contributed by atoms with Gasteiger partial charge in [-0.3, -0.25) is 4.79 Å². The van der Waals surface area contributed by atoms with Gasteiger partial charge in [0.2, 0.25) is 21.7 Å². The Kier molecular flexibility index (Phi) is 11.0. The number of aromatic carboxylic acids is 1. The molecule has 4 aromatic carbocycles. The van der Waals surface area contributed by atoms with Crippen LogP contribution in [0.1, 0.15) is 72.1 Å². The van der Waals surface area contributed by atoms with Gasteiger partial charge in [-0.2, -0.15) is 4.31 Å². The number of sulfonamides is 1. The van der Waals surface area contributed by atoms with Gasteiger partial charge in [-0.05, 0) is 65.1 Å². The van der Waals surface area contributed by atoms with E-state index in [4.69, 9.17) is 0 Å². The van der Waals surface area contributed by atoms with E-state index in [1.54, 1.807) is 14.1 Å². The normalized spacial score (nSPS) is 13.4. The molecule has 0 aliphatic heterocycles. The van der Waals surface area contributed by atoms with E-state index >= 15 is 8.78 Å². The van der Waals surface area contributed by atoms with Gasteiger partial charge < -0.3 is 14.9 Å². The molecule has 1 fully saturated rings. The van der Waals surface area contributed by atoms with Crippen molar-refractivity contribution in [1.82, 2.24) is 4.31 Å². The molecule has 15 heteroatoms. The first-order valence-electron chi connectivity index (χ1n) is 16.5. The van der Waals surface area contributed by atoms with Crippen molar-refractivity contribution in [1.29, 1.82) is 0 Å². The lowest BCUT2D eigenvalue weighted by atomic mass is 9.84. The number of hydrogen-bond acceptors (Lipinski definition) is 5. The average molecular weight is 762 g/mol. The van der Waals surface area contributed by atoms with E-state index in [1.165, 1.54) is 35.2 Å². The lowest BCUT2D eigenvalue weighted by molar-refractivity contribution is -0.119. The Bertz CT molecular complexity index is 2170. The highest BCUT2D eigenvalue weighted by Gasteiger charge is 2.39. The molecule has 0 bridgehead atoms. The lowest BCUT2D eigenvalue weighted by Gasteiger charge is -2.31. The van der Waals surface area contributed by atoms with E-state index in [0.717, 1.165) is 41.0 Å². The number of carbonyl (C=O) groups is 2. The smallest absolute Gasteiger partial charge is 0.335 e. The third kappa shape index (κ3) is 8.20. The number of amides is 1. The molecule has 0 unspecified atom stereocenters. The van der Waals surface area contributed by atoms with Gasteiger partial charge in [0, 0.05) is 26.2 Å². The Hall–Kier alpha value is -4.89. The molecular weight excluding hydrogens is 724 g/mol. The summed E-state index contributed by atoms with van der Waals surface area (Å²) in [5, 5.41) is 9.70. The van der Waals surface area contributed by atoms with Gasteiger partial charge in [0.25, 0.3) is 0 Å². The van der Waals surface area contributed by atoms with Crippen molar-refractivity contribution in [3.63, 3.8) is 0 Å². The Balaban J connectivity index is 1.69. The maximum absolute atomic E-state index is 15.1. The minimum absolute atomic E-state index is 0.110. The number of carboxylic acid groups (broad SMARTS) is 1. The molecule has 1 saturated carbocycles. The second-order valence-electron chi connectivity index (χ2n) is 14.1. The van der Waals surface area contributed by atoms with Crippen LogP contribution in [0.3, 0.4) is 0 Å². The summed E-state index contributed by atoms with van der Waals surface area (Å²) in [4.78, 5) is 26.9. The summed E-state index contributed by atoms with van der Waals surface area (Å²) < 4.78 is 116. The van der Waals surface area contributed by atoms with E-state index in [1.807, 2.05) is 32.9 Å². The molecule has 1 aliphatic carbocycles. The Morgan fingerprint density at radius 1 is 0.792 bits per heavy atom. The van der Waals surface area contributed by atoms with E-state index < -0.39 is 74.8 Å². The van der Waals surface area contributed by atoms with Gasteiger partial charge in [-0.15, -0.1) is 0 Å². The van der Waals surface area contributed by atoms with Crippen LogP contribution in [0.15, 0.2) is 65.6 Å². The number of hydrogen-bond donors (Lipinski definition) is 1. The molecule has 0 radical (unpaired) electrons. The fourth-order valence-corrected chi connectivity index (χ4v) is 7.33. The van der Waals surface area contributed by atoms with Gasteiger partial charge in [0.15, 0.2) is 28.2 Å². The molecule has 1 N–H and O–H groups in total. The van der Waals surface area contributed by atoms with E-state index in [2.05, 4.69) is 6.07 Å². The number of halogens is 6. The van der Waals surface area contributed by atoms with Crippen LogP contribution in [0.2, 0.25) is 0 Å². The minimum Gasteiger partial charge on any atom is -0.478 e. The first kappa shape index (κ1) is 39.3. The second kappa shape index (κ2) is 14.9. The highest BCUT2D eigenvalue weighted by molar-refractivity contribution is 7.89. The lowest BCUT2D eigenvalue weighted by Crippen LogP contribution is -2.43. The molecule has 0 saturated heterocycles. The number of nitrogens with zero attached hydrogens (tertiary/aromatic N) is 3. The number of anilines is 2. The molecule has 1 aliphatic rings. The summed E-state index contributed by atoms with van der Waals surface area (Å²) in [5.41, 5.74) is 2.07. The van der Waals surface area contributed by atoms with Gasteiger partial charge >= 0.3 is 5.97 Å². The van der Waals surface area contributed by atoms with Crippen molar-refractivity contribution in [2.45, 2.75) is 62.9 Å². The van der Waals surface area contributed by atoms with Crippen molar-refractivity contribution in [2.75, 3.05) is 30.4 Å². The van der Waals surface area contributed by atoms with Gasteiger partial charge in [-0.1, -0.05) is 57.2 Å². The molecule has 282 valence electrons. The summed E-state index contributed by atoms with van der Waals surface area (Å²) in [6.07, 6.45) is 1.91. The number of carboxylic acids is 1. The predicted octanol–water partition coefficient (Wildman–Crippen LogP) is 7.88. The maximum Gasteiger partial charge on any atom is 0.335 e. The highest BCUT2D eigenvalue weighted by atomic mass is 32.2. The fourth-order valence-electron chi connectivity index (χ4n) is 5.85. The first-order valence-corrected chi connectivity index (χ1v) is 17.9.